The van der Waals surface area contributed by atoms with Gasteiger partial charge in [-0.1, -0.05) is 30.3 Å². The van der Waals surface area contributed by atoms with Gasteiger partial charge in [0.05, 0.1) is 24.1 Å². The molecule has 2 N–H and O–H groups in total. The van der Waals surface area contributed by atoms with Crippen molar-refractivity contribution in [1.29, 1.82) is 0 Å². The Labute approximate surface area is 130 Å². The second kappa shape index (κ2) is 7.13. The summed E-state index contributed by atoms with van der Waals surface area (Å²) in [5, 5.41) is 6.27. The molecule has 0 radical (unpaired) electrons. The molecule has 1 fully saturated rings. The highest BCUT2D eigenvalue weighted by Crippen LogP contribution is 2.20. The van der Waals surface area contributed by atoms with Gasteiger partial charge in [-0.3, -0.25) is 9.78 Å². The number of nitrogens with one attached hydrogen (secondary N) is 2. The Kier molecular flexibility index (Phi) is 4.75. The van der Waals surface area contributed by atoms with E-state index in [0.717, 1.165) is 31.5 Å². The van der Waals surface area contributed by atoms with Crippen molar-refractivity contribution in [2.75, 3.05) is 13.1 Å². The zero-order valence-corrected chi connectivity index (χ0v) is 12.5. The van der Waals surface area contributed by atoms with Gasteiger partial charge in [0.25, 0.3) is 5.91 Å². The molecule has 3 rings (SSSR count). The lowest BCUT2D eigenvalue weighted by atomic mass is 10.1. The molecule has 0 spiro atoms. The van der Waals surface area contributed by atoms with Crippen LogP contribution in [0.15, 0.2) is 42.7 Å². The first kappa shape index (κ1) is 14.7. The quantitative estimate of drug-likeness (QED) is 0.884. The van der Waals surface area contributed by atoms with Gasteiger partial charge in [-0.15, -0.1) is 0 Å². The molecule has 0 unspecified atom stereocenters. The lowest BCUT2D eigenvalue weighted by Crippen LogP contribution is -2.27. The molecule has 1 atom stereocenters. The SMILES string of the molecule is O=C(NCCc1ccccc1)c1cncc([C@H]2CCCN2)n1. The number of rotatable bonds is 5. The highest BCUT2D eigenvalue weighted by atomic mass is 16.1. The molecule has 0 aliphatic carbocycles. The monoisotopic (exact) mass is 296 g/mol. The fourth-order valence-corrected chi connectivity index (χ4v) is 2.65. The van der Waals surface area contributed by atoms with Gasteiger partial charge in [-0.2, -0.15) is 0 Å². The predicted octanol–water partition coefficient (Wildman–Crippen LogP) is 1.87. The summed E-state index contributed by atoms with van der Waals surface area (Å²) >= 11 is 0. The molecule has 22 heavy (non-hydrogen) atoms. The minimum Gasteiger partial charge on any atom is -0.350 e. The summed E-state index contributed by atoms with van der Waals surface area (Å²) in [6.07, 6.45) is 6.26. The molecule has 0 saturated carbocycles. The summed E-state index contributed by atoms with van der Waals surface area (Å²) in [5.41, 5.74) is 2.45. The fourth-order valence-electron chi connectivity index (χ4n) is 2.65. The molecule has 2 aromatic rings. The van der Waals surface area contributed by atoms with Crippen LogP contribution in [-0.4, -0.2) is 29.0 Å². The second-order valence-corrected chi connectivity index (χ2v) is 5.47. The van der Waals surface area contributed by atoms with Gasteiger partial charge in [0.2, 0.25) is 0 Å². The van der Waals surface area contributed by atoms with E-state index in [4.69, 9.17) is 0 Å². The van der Waals surface area contributed by atoms with E-state index in [-0.39, 0.29) is 11.9 Å². The third-order valence-corrected chi connectivity index (χ3v) is 3.85. The van der Waals surface area contributed by atoms with Gasteiger partial charge in [-0.05, 0) is 31.4 Å². The third-order valence-electron chi connectivity index (χ3n) is 3.85. The Morgan fingerprint density at radius 1 is 1.27 bits per heavy atom. The van der Waals surface area contributed by atoms with Crippen LogP contribution in [0.1, 0.15) is 40.6 Å². The van der Waals surface area contributed by atoms with E-state index in [1.165, 1.54) is 11.8 Å². The standard InChI is InChI=1S/C17H20N4O/c22-17(20-10-8-13-5-2-1-3-6-13)16-12-18-11-15(21-16)14-7-4-9-19-14/h1-3,5-6,11-12,14,19H,4,7-10H2,(H,20,22)/t14-/m1/s1. The molecular formula is C17H20N4O. The smallest absolute Gasteiger partial charge is 0.271 e. The Morgan fingerprint density at radius 3 is 2.91 bits per heavy atom. The van der Waals surface area contributed by atoms with E-state index in [1.807, 2.05) is 18.2 Å². The summed E-state index contributed by atoms with van der Waals surface area (Å²) in [4.78, 5) is 20.8. The van der Waals surface area contributed by atoms with E-state index >= 15 is 0 Å². The normalized spacial score (nSPS) is 17.4. The number of hydrogen-bond donors (Lipinski definition) is 2. The molecule has 5 nitrogen and oxygen atoms in total. The molecule has 1 aliphatic heterocycles. The minimum atomic E-state index is -0.164. The third kappa shape index (κ3) is 3.68. The average Bonchev–Trinajstić information content (AvgIpc) is 3.10. The minimum absolute atomic E-state index is 0.164. The van der Waals surface area contributed by atoms with Gasteiger partial charge >= 0.3 is 0 Å². The summed E-state index contributed by atoms with van der Waals surface area (Å²) in [5.74, 6) is -0.164. The number of benzene rings is 1. The molecule has 5 heteroatoms. The van der Waals surface area contributed by atoms with Crippen molar-refractivity contribution in [2.24, 2.45) is 0 Å². The zero-order chi connectivity index (χ0) is 15.2. The number of carbonyl (C=O) groups is 1. The highest BCUT2D eigenvalue weighted by molar-refractivity contribution is 5.91. The number of nitrogens with zero attached hydrogens (tertiary/aromatic N) is 2. The van der Waals surface area contributed by atoms with Gasteiger partial charge in [-0.25, -0.2) is 4.98 Å². The van der Waals surface area contributed by atoms with Crippen LogP contribution >= 0.6 is 0 Å². The average molecular weight is 296 g/mol. The van der Waals surface area contributed by atoms with Gasteiger partial charge < -0.3 is 10.6 Å². The van der Waals surface area contributed by atoms with Crippen molar-refractivity contribution in [1.82, 2.24) is 20.6 Å². The number of carbonyl (C=O) groups excluding carboxylic acids is 1. The first-order valence-corrected chi connectivity index (χ1v) is 7.70. The topological polar surface area (TPSA) is 66.9 Å². The van der Waals surface area contributed by atoms with Crippen molar-refractivity contribution in [3.63, 3.8) is 0 Å². The summed E-state index contributed by atoms with van der Waals surface area (Å²) in [7, 11) is 0. The molecular weight excluding hydrogens is 276 g/mol. The van der Waals surface area contributed by atoms with E-state index in [1.54, 1.807) is 6.20 Å². The van der Waals surface area contributed by atoms with E-state index in [2.05, 4.69) is 32.7 Å². The van der Waals surface area contributed by atoms with Gasteiger partial charge in [0.1, 0.15) is 5.69 Å². The van der Waals surface area contributed by atoms with Crippen molar-refractivity contribution in [2.45, 2.75) is 25.3 Å². The maximum absolute atomic E-state index is 12.2. The molecule has 1 amide bonds. The maximum Gasteiger partial charge on any atom is 0.271 e. The summed E-state index contributed by atoms with van der Waals surface area (Å²) in [6, 6.07) is 10.3. The second-order valence-electron chi connectivity index (χ2n) is 5.47. The van der Waals surface area contributed by atoms with Crippen LogP contribution in [0.25, 0.3) is 0 Å². The van der Waals surface area contributed by atoms with Crippen LogP contribution in [0.2, 0.25) is 0 Å². The summed E-state index contributed by atoms with van der Waals surface area (Å²) < 4.78 is 0. The molecule has 0 bridgehead atoms. The number of hydrogen-bond acceptors (Lipinski definition) is 4. The lowest BCUT2D eigenvalue weighted by molar-refractivity contribution is 0.0948. The van der Waals surface area contributed by atoms with E-state index in [0.29, 0.717) is 12.2 Å². The first-order valence-electron chi connectivity index (χ1n) is 7.70. The molecule has 1 aromatic heterocycles. The molecule has 2 heterocycles. The highest BCUT2D eigenvalue weighted by Gasteiger charge is 2.19. The Hall–Kier alpha value is -2.27. The van der Waals surface area contributed by atoms with E-state index in [9.17, 15) is 4.79 Å². The van der Waals surface area contributed by atoms with Crippen molar-refractivity contribution in [3.05, 3.63) is 59.7 Å². The molecule has 1 aliphatic rings. The molecule has 1 saturated heterocycles. The van der Waals surface area contributed by atoms with Crippen LogP contribution in [0.3, 0.4) is 0 Å². The van der Waals surface area contributed by atoms with Crippen LogP contribution in [-0.2, 0) is 6.42 Å². The zero-order valence-electron chi connectivity index (χ0n) is 12.5. The number of aromatic nitrogens is 2. The Morgan fingerprint density at radius 2 is 2.14 bits per heavy atom. The van der Waals surface area contributed by atoms with E-state index < -0.39 is 0 Å². The van der Waals surface area contributed by atoms with Crippen LogP contribution in [0.5, 0.6) is 0 Å². The van der Waals surface area contributed by atoms with Gasteiger partial charge in [0.15, 0.2) is 0 Å². The van der Waals surface area contributed by atoms with Crippen LogP contribution in [0.4, 0.5) is 0 Å². The largest absolute Gasteiger partial charge is 0.350 e. The van der Waals surface area contributed by atoms with Crippen molar-refractivity contribution >= 4 is 5.91 Å². The van der Waals surface area contributed by atoms with Crippen LogP contribution in [0, 0.1) is 0 Å². The van der Waals surface area contributed by atoms with Crippen molar-refractivity contribution < 1.29 is 4.79 Å². The Balaban J connectivity index is 1.56. The summed E-state index contributed by atoms with van der Waals surface area (Å²) in [6.45, 7) is 1.59. The number of amides is 1. The Bertz CT molecular complexity index is 624. The maximum atomic E-state index is 12.2. The molecule has 114 valence electrons. The van der Waals surface area contributed by atoms with Crippen LogP contribution < -0.4 is 10.6 Å². The van der Waals surface area contributed by atoms with Gasteiger partial charge in [0, 0.05) is 6.54 Å². The predicted molar refractivity (Wildman–Crippen MR) is 84.5 cm³/mol. The fraction of sp³-hybridized carbons (Fsp3) is 0.353. The first-order chi connectivity index (χ1) is 10.8. The lowest BCUT2D eigenvalue weighted by Gasteiger charge is -2.10. The molecule has 1 aromatic carbocycles. The van der Waals surface area contributed by atoms with Crippen molar-refractivity contribution in [3.8, 4) is 0 Å².